The van der Waals surface area contributed by atoms with E-state index >= 15 is 0 Å². The number of aromatic nitrogens is 1. The number of hydrogen-bond donors (Lipinski definition) is 1. The molecule has 2 heterocycles. The fourth-order valence-corrected chi connectivity index (χ4v) is 4.11. The van der Waals surface area contributed by atoms with Gasteiger partial charge in [0.2, 0.25) is 0 Å². The highest BCUT2D eigenvalue weighted by Gasteiger charge is 2.24. The maximum Gasteiger partial charge on any atom is 0.273 e. The van der Waals surface area contributed by atoms with E-state index in [9.17, 15) is 4.79 Å². The standard InChI is InChI=1S/C20H27N3OS/c1-14(2)16-4-6-17(7-5-16)19-22-18(13-25-19)20(24)23-10-8-15(9-11-23)12-21-3/h4-7,13-15,21H,8-12H2,1-3H3. The Kier molecular flexibility index (Phi) is 5.86. The zero-order valence-electron chi connectivity index (χ0n) is 15.3. The van der Waals surface area contributed by atoms with Crippen LogP contribution >= 0.6 is 11.3 Å². The Morgan fingerprint density at radius 1 is 1.28 bits per heavy atom. The van der Waals surface area contributed by atoms with Gasteiger partial charge in [0.1, 0.15) is 10.7 Å². The summed E-state index contributed by atoms with van der Waals surface area (Å²) >= 11 is 1.55. The number of piperidine rings is 1. The number of benzene rings is 1. The maximum absolute atomic E-state index is 12.7. The zero-order valence-corrected chi connectivity index (χ0v) is 16.1. The first-order valence-electron chi connectivity index (χ1n) is 9.08. The van der Waals surface area contributed by atoms with Gasteiger partial charge in [-0.2, -0.15) is 0 Å². The van der Waals surface area contributed by atoms with Crippen LogP contribution in [0.25, 0.3) is 10.6 Å². The number of nitrogens with zero attached hydrogens (tertiary/aromatic N) is 2. The highest BCUT2D eigenvalue weighted by molar-refractivity contribution is 7.13. The third kappa shape index (κ3) is 4.28. The van der Waals surface area contributed by atoms with E-state index in [2.05, 4.69) is 48.4 Å². The molecule has 0 atom stereocenters. The number of hydrogen-bond acceptors (Lipinski definition) is 4. The van der Waals surface area contributed by atoms with Crippen LogP contribution in [0.5, 0.6) is 0 Å². The van der Waals surface area contributed by atoms with Crippen molar-refractivity contribution in [1.29, 1.82) is 0 Å². The molecule has 2 aromatic rings. The summed E-state index contributed by atoms with van der Waals surface area (Å²) in [6.45, 7) is 7.08. The number of carbonyl (C=O) groups is 1. The minimum Gasteiger partial charge on any atom is -0.337 e. The lowest BCUT2D eigenvalue weighted by Crippen LogP contribution is -2.40. The van der Waals surface area contributed by atoms with E-state index in [1.54, 1.807) is 11.3 Å². The molecule has 1 aromatic carbocycles. The molecule has 1 aliphatic heterocycles. The summed E-state index contributed by atoms with van der Waals surface area (Å²) in [5.41, 5.74) is 2.99. The van der Waals surface area contributed by atoms with Crippen molar-refractivity contribution in [1.82, 2.24) is 15.2 Å². The summed E-state index contributed by atoms with van der Waals surface area (Å²) < 4.78 is 0. The average molecular weight is 358 g/mol. The van der Waals surface area contributed by atoms with Gasteiger partial charge < -0.3 is 10.2 Å². The van der Waals surface area contributed by atoms with E-state index in [1.807, 2.05) is 17.3 Å². The number of likely N-dealkylation sites (tertiary alicyclic amines) is 1. The van der Waals surface area contributed by atoms with E-state index in [1.165, 1.54) is 5.56 Å². The molecule has 0 radical (unpaired) electrons. The van der Waals surface area contributed by atoms with Crippen LogP contribution in [0.4, 0.5) is 0 Å². The minimum absolute atomic E-state index is 0.0733. The molecule has 1 saturated heterocycles. The molecular weight excluding hydrogens is 330 g/mol. The molecule has 1 N–H and O–H groups in total. The number of carbonyl (C=O) groups excluding carboxylic acids is 1. The first-order valence-corrected chi connectivity index (χ1v) is 9.96. The highest BCUT2D eigenvalue weighted by atomic mass is 32.1. The normalized spacial score (nSPS) is 15.8. The second kappa shape index (κ2) is 8.11. The Bertz CT molecular complexity index is 700. The molecule has 0 bridgehead atoms. The van der Waals surface area contributed by atoms with Gasteiger partial charge in [-0.3, -0.25) is 4.79 Å². The lowest BCUT2D eigenvalue weighted by atomic mass is 9.97. The van der Waals surface area contributed by atoms with Crippen molar-refractivity contribution in [3.8, 4) is 10.6 Å². The second-order valence-corrected chi connectivity index (χ2v) is 7.97. The average Bonchev–Trinajstić information content (AvgIpc) is 3.12. The maximum atomic E-state index is 12.7. The molecule has 25 heavy (non-hydrogen) atoms. The van der Waals surface area contributed by atoms with Crippen LogP contribution in [0.2, 0.25) is 0 Å². The van der Waals surface area contributed by atoms with Crippen molar-refractivity contribution in [3.05, 3.63) is 40.9 Å². The van der Waals surface area contributed by atoms with Gasteiger partial charge in [0.05, 0.1) is 0 Å². The SMILES string of the molecule is CNCC1CCN(C(=O)c2csc(-c3ccc(C(C)C)cc3)n2)CC1. The zero-order chi connectivity index (χ0) is 17.8. The fourth-order valence-electron chi connectivity index (χ4n) is 3.31. The van der Waals surface area contributed by atoms with Gasteiger partial charge in [0.15, 0.2) is 0 Å². The molecule has 1 amide bonds. The Balaban J connectivity index is 1.66. The molecule has 1 fully saturated rings. The van der Waals surface area contributed by atoms with Crippen LogP contribution in [-0.4, -0.2) is 42.5 Å². The summed E-state index contributed by atoms with van der Waals surface area (Å²) in [6, 6.07) is 8.50. The smallest absolute Gasteiger partial charge is 0.273 e. The number of rotatable bonds is 5. The van der Waals surface area contributed by atoms with Gasteiger partial charge in [-0.1, -0.05) is 38.1 Å². The molecule has 0 aliphatic carbocycles. The molecule has 5 heteroatoms. The van der Waals surface area contributed by atoms with Crippen molar-refractivity contribution < 1.29 is 4.79 Å². The third-order valence-corrected chi connectivity index (χ3v) is 5.83. The largest absolute Gasteiger partial charge is 0.337 e. The van der Waals surface area contributed by atoms with Crippen molar-refractivity contribution in [2.75, 3.05) is 26.7 Å². The van der Waals surface area contributed by atoms with Gasteiger partial charge in [0.25, 0.3) is 5.91 Å². The van der Waals surface area contributed by atoms with Crippen molar-refractivity contribution in [3.63, 3.8) is 0 Å². The Morgan fingerprint density at radius 3 is 2.56 bits per heavy atom. The van der Waals surface area contributed by atoms with Crippen LogP contribution in [0.15, 0.2) is 29.6 Å². The van der Waals surface area contributed by atoms with E-state index in [0.29, 0.717) is 17.5 Å². The predicted octanol–water partition coefficient (Wildman–Crippen LogP) is 4.01. The first-order chi connectivity index (χ1) is 12.1. The van der Waals surface area contributed by atoms with Crippen LogP contribution in [0.3, 0.4) is 0 Å². The van der Waals surface area contributed by atoms with Crippen LogP contribution in [-0.2, 0) is 0 Å². The minimum atomic E-state index is 0.0733. The van der Waals surface area contributed by atoms with Crippen LogP contribution in [0, 0.1) is 5.92 Å². The van der Waals surface area contributed by atoms with E-state index in [4.69, 9.17) is 0 Å². The third-order valence-electron chi connectivity index (χ3n) is 4.94. The quantitative estimate of drug-likeness (QED) is 0.879. The van der Waals surface area contributed by atoms with Crippen LogP contribution < -0.4 is 5.32 Å². The summed E-state index contributed by atoms with van der Waals surface area (Å²) in [7, 11) is 1.99. The summed E-state index contributed by atoms with van der Waals surface area (Å²) in [5.74, 6) is 1.28. The number of amides is 1. The van der Waals surface area contributed by atoms with E-state index < -0.39 is 0 Å². The molecule has 3 rings (SSSR count). The Labute approximate surface area is 154 Å². The van der Waals surface area contributed by atoms with Gasteiger partial charge in [0, 0.05) is 24.0 Å². The van der Waals surface area contributed by atoms with Crippen molar-refractivity contribution >= 4 is 17.2 Å². The van der Waals surface area contributed by atoms with Gasteiger partial charge >= 0.3 is 0 Å². The van der Waals surface area contributed by atoms with E-state index in [-0.39, 0.29) is 5.91 Å². The molecule has 0 unspecified atom stereocenters. The molecule has 0 saturated carbocycles. The summed E-state index contributed by atoms with van der Waals surface area (Å²) in [4.78, 5) is 19.3. The van der Waals surface area contributed by atoms with Gasteiger partial charge in [-0.15, -0.1) is 11.3 Å². The van der Waals surface area contributed by atoms with Gasteiger partial charge in [-0.05, 0) is 43.8 Å². The lowest BCUT2D eigenvalue weighted by molar-refractivity contribution is 0.0686. The molecule has 4 nitrogen and oxygen atoms in total. The molecule has 134 valence electrons. The number of thiazole rings is 1. The van der Waals surface area contributed by atoms with Crippen LogP contribution in [0.1, 0.15) is 48.7 Å². The van der Waals surface area contributed by atoms with Crippen molar-refractivity contribution in [2.45, 2.75) is 32.6 Å². The second-order valence-electron chi connectivity index (χ2n) is 7.11. The Morgan fingerprint density at radius 2 is 1.96 bits per heavy atom. The fraction of sp³-hybridized carbons (Fsp3) is 0.500. The molecule has 0 spiro atoms. The first kappa shape index (κ1) is 18.1. The lowest BCUT2D eigenvalue weighted by Gasteiger charge is -2.31. The van der Waals surface area contributed by atoms with Gasteiger partial charge in [-0.25, -0.2) is 4.98 Å². The number of nitrogens with one attached hydrogen (secondary N) is 1. The molecule has 1 aromatic heterocycles. The predicted molar refractivity (Wildman–Crippen MR) is 104 cm³/mol. The van der Waals surface area contributed by atoms with E-state index in [0.717, 1.165) is 43.0 Å². The summed E-state index contributed by atoms with van der Waals surface area (Å²) in [5, 5.41) is 6.05. The molecular formula is C20H27N3OS. The summed E-state index contributed by atoms with van der Waals surface area (Å²) in [6.07, 6.45) is 2.14. The monoisotopic (exact) mass is 357 g/mol. The van der Waals surface area contributed by atoms with Crippen molar-refractivity contribution in [2.24, 2.45) is 5.92 Å². The molecule has 1 aliphatic rings. The Hall–Kier alpha value is -1.72. The highest BCUT2D eigenvalue weighted by Crippen LogP contribution is 2.27. The topological polar surface area (TPSA) is 45.2 Å².